The summed E-state index contributed by atoms with van der Waals surface area (Å²) >= 11 is 0. The number of carbonyl (C=O) groups excluding carboxylic acids is 2. The zero-order chi connectivity index (χ0) is 24.4. The van der Waals surface area contributed by atoms with Crippen LogP contribution in [-0.4, -0.2) is 53.2 Å². The molecule has 0 radical (unpaired) electrons. The quantitative estimate of drug-likeness (QED) is 0.638. The van der Waals surface area contributed by atoms with Crippen LogP contribution in [0, 0.1) is 5.92 Å². The number of alkyl carbamates (subject to hydrolysis) is 1. The molecule has 1 saturated heterocycles. The number of hydrogen-bond acceptors (Lipinski definition) is 4. The van der Waals surface area contributed by atoms with E-state index in [1.54, 1.807) is 0 Å². The number of amides is 2. The van der Waals surface area contributed by atoms with E-state index in [9.17, 15) is 19.5 Å². The van der Waals surface area contributed by atoms with Crippen molar-refractivity contribution in [2.45, 2.75) is 62.9 Å². The number of rotatable bonds is 6. The smallest absolute Gasteiger partial charge is 0.407 e. The van der Waals surface area contributed by atoms with Gasteiger partial charge in [-0.15, -0.1) is 0 Å². The van der Waals surface area contributed by atoms with Gasteiger partial charge in [-0.1, -0.05) is 55.0 Å². The molecule has 5 rings (SSSR count). The van der Waals surface area contributed by atoms with Crippen LogP contribution >= 0.6 is 0 Å². The molecule has 2 amide bonds. The van der Waals surface area contributed by atoms with E-state index in [1.807, 2.05) is 24.3 Å². The van der Waals surface area contributed by atoms with Crippen molar-refractivity contribution in [1.82, 2.24) is 10.2 Å². The molecular weight excluding hydrogens is 444 g/mol. The second-order valence-corrected chi connectivity index (χ2v) is 9.91. The number of piperidine rings is 1. The standard InChI is InChI=1S/C28H32N2O5/c31-26(30-15-6-5-14-25(30)27(32)33)16-18-8-7-13-24(18)29-28(34)35-17-23-21-11-3-1-9-19(21)20-10-2-4-12-22(20)23/h1-4,9-12,18,23-25H,5-8,13-17H2,(H,29,34)(H,32,33)/t18-,24+,25-/m0/s1. The topological polar surface area (TPSA) is 95.9 Å². The Morgan fingerprint density at radius 2 is 1.60 bits per heavy atom. The first-order chi connectivity index (χ1) is 17.0. The Labute approximate surface area is 205 Å². The van der Waals surface area contributed by atoms with Crippen LogP contribution < -0.4 is 5.32 Å². The van der Waals surface area contributed by atoms with Crippen molar-refractivity contribution in [3.05, 3.63) is 59.7 Å². The SMILES string of the molecule is O=C(N[C@@H]1CCC[C@H]1CC(=O)N1CCCC[C@H]1C(=O)O)OCC1c2ccccc2-c2ccccc21. The van der Waals surface area contributed by atoms with E-state index in [2.05, 4.69) is 29.6 Å². The van der Waals surface area contributed by atoms with E-state index in [0.717, 1.165) is 32.1 Å². The van der Waals surface area contributed by atoms with E-state index in [4.69, 9.17) is 4.74 Å². The summed E-state index contributed by atoms with van der Waals surface area (Å²) in [7, 11) is 0. The number of likely N-dealkylation sites (tertiary alicyclic amines) is 1. The first-order valence-electron chi connectivity index (χ1n) is 12.7. The molecule has 1 aliphatic heterocycles. The second-order valence-electron chi connectivity index (χ2n) is 9.91. The minimum Gasteiger partial charge on any atom is -0.480 e. The lowest BCUT2D eigenvalue weighted by Gasteiger charge is -2.34. The molecule has 3 atom stereocenters. The van der Waals surface area contributed by atoms with Crippen molar-refractivity contribution in [3.8, 4) is 11.1 Å². The summed E-state index contributed by atoms with van der Waals surface area (Å²) in [5, 5.41) is 12.5. The molecule has 0 unspecified atom stereocenters. The van der Waals surface area contributed by atoms with Crippen molar-refractivity contribution in [2.75, 3.05) is 13.2 Å². The number of hydrogen-bond donors (Lipinski definition) is 2. The number of fused-ring (bicyclic) bond motifs is 3. The van der Waals surface area contributed by atoms with Gasteiger partial charge in [-0.3, -0.25) is 4.79 Å². The predicted octanol–water partition coefficient (Wildman–Crippen LogP) is 4.55. The average molecular weight is 477 g/mol. The summed E-state index contributed by atoms with van der Waals surface area (Å²) in [5.74, 6) is -1.05. The third-order valence-corrected chi connectivity index (χ3v) is 7.85. The number of carbonyl (C=O) groups is 3. The maximum atomic E-state index is 13.0. The molecule has 1 saturated carbocycles. The molecule has 35 heavy (non-hydrogen) atoms. The van der Waals surface area contributed by atoms with Gasteiger partial charge in [-0.2, -0.15) is 0 Å². The minimum absolute atomic E-state index is 0.000598. The van der Waals surface area contributed by atoms with Crippen LogP contribution in [-0.2, 0) is 14.3 Å². The Bertz CT molecular complexity index is 1070. The molecule has 7 heteroatoms. The summed E-state index contributed by atoms with van der Waals surface area (Å²) in [6.45, 7) is 0.747. The highest BCUT2D eigenvalue weighted by Crippen LogP contribution is 2.44. The molecule has 7 nitrogen and oxygen atoms in total. The lowest BCUT2D eigenvalue weighted by atomic mass is 9.96. The van der Waals surface area contributed by atoms with E-state index < -0.39 is 18.1 Å². The maximum Gasteiger partial charge on any atom is 0.407 e. The number of aliphatic carboxylic acids is 1. The highest BCUT2D eigenvalue weighted by atomic mass is 16.5. The molecule has 1 heterocycles. The number of carboxylic acids is 1. The summed E-state index contributed by atoms with van der Waals surface area (Å²) in [5.41, 5.74) is 4.70. The van der Waals surface area contributed by atoms with Crippen molar-refractivity contribution in [2.24, 2.45) is 5.92 Å². The molecule has 2 aliphatic carbocycles. The molecular formula is C28H32N2O5. The van der Waals surface area contributed by atoms with Crippen LogP contribution in [0.25, 0.3) is 11.1 Å². The van der Waals surface area contributed by atoms with Gasteiger partial charge in [0.25, 0.3) is 0 Å². The van der Waals surface area contributed by atoms with Crippen LogP contribution in [0.15, 0.2) is 48.5 Å². The van der Waals surface area contributed by atoms with Crippen LogP contribution in [0.2, 0.25) is 0 Å². The molecule has 2 aromatic carbocycles. The van der Waals surface area contributed by atoms with Crippen LogP contribution in [0.5, 0.6) is 0 Å². The number of nitrogens with zero attached hydrogens (tertiary/aromatic N) is 1. The van der Waals surface area contributed by atoms with E-state index >= 15 is 0 Å². The molecule has 0 aromatic heterocycles. The number of carboxylic acid groups (broad SMARTS) is 1. The lowest BCUT2D eigenvalue weighted by molar-refractivity contribution is -0.152. The zero-order valence-corrected chi connectivity index (χ0v) is 19.8. The van der Waals surface area contributed by atoms with Crippen LogP contribution in [0.1, 0.15) is 62.0 Å². The molecule has 3 aliphatic rings. The Morgan fingerprint density at radius 3 is 2.29 bits per heavy atom. The molecule has 184 valence electrons. The fourth-order valence-corrected chi connectivity index (χ4v) is 6.09. The lowest BCUT2D eigenvalue weighted by Crippen LogP contribution is -2.49. The van der Waals surface area contributed by atoms with E-state index in [1.165, 1.54) is 27.2 Å². The minimum atomic E-state index is -0.933. The monoisotopic (exact) mass is 476 g/mol. The first-order valence-corrected chi connectivity index (χ1v) is 12.7. The summed E-state index contributed by atoms with van der Waals surface area (Å²) in [6.07, 6.45) is 4.53. The van der Waals surface area contributed by atoms with E-state index in [-0.39, 0.29) is 36.8 Å². The average Bonchev–Trinajstić information content (AvgIpc) is 3.44. The van der Waals surface area contributed by atoms with Crippen molar-refractivity contribution in [1.29, 1.82) is 0 Å². The number of nitrogens with one attached hydrogen (secondary N) is 1. The van der Waals surface area contributed by atoms with E-state index in [0.29, 0.717) is 13.0 Å². The van der Waals surface area contributed by atoms with Crippen molar-refractivity contribution >= 4 is 18.0 Å². The van der Waals surface area contributed by atoms with Gasteiger partial charge in [0.1, 0.15) is 12.6 Å². The van der Waals surface area contributed by atoms with Gasteiger partial charge < -0.3 is 20.1 Å². The predicted molar refractivity (Wildman–Crippen MR) is 131 cm³/mol. The Kier molecular flexibility index (Phi) is 6.75. The van der Waals surface area contributed by atoms with Gasteiger partial charge in [0.2, 0.25) is 5.91 Å². The van der Waals surface area contributed by atoms with Crippen molar-refractivity contribution < 1.29 is 24.2 Å². The van der Waals surface area contributed by atoms with Crippen LogP contribution in [0.3, 0.4) is 0 Å². The van der Waals surface area contributed by atoms with Gasteiger partial charge in [0, 0.05) is 24.9 Å². The normalized spacial score (nSPS) is 23.4. The third kappa shape index (κ3) is 4.77. The molecule has 2 fully saturated rings. The Balaban J connectivity index is 1.18. The molecule has 0 bridgehead atoms. The number of benzene rings is 2. The van der Waals surface area contributed by atoms with Crippen molar-refractivity contribution in [3.63, 3.8) is 0 Å². The zero-order valence-electron chi connectivity index (χ0n) is 19.8. The summed E-state index contributed by atoms with van der Waals surface area (Å²) in [6, 6.07) is 15.6. The van der Waals surface area contributed by atoms with Gasteiger partial charge in [0.15, 0.2) is 0 Å². The van der Waals surface area contributed by atoms with Crippen LogP contribution in [0.4, 0.5) is 4.79 Å². The molecule has 2 aromatic rings. The third-order valence-electron chi connectivity index (χ3n) is 7.85. The van der Waals surface area contributed by atoms with Gasteiger partial charge in [0.05, 0.1) is 0 Å². The molecule has 0 spiro atoms. The van der Waals surface area contributed by atoms with Gasteiger partial charge in [-0.25, -0.2) is 9.59 Å². The second kappa shape index (κ2) is 10.1. The van der Waals surface area contributed by atoms with Gasteiger partial charge in [-0.05, 0) is 60.3 Å². The molecule has 2 N–H and O–H groups in total. The fraction of sp³-hybridized carbons (Fsp3) is 0.464. The Hall–Kier alpha value is -3.35. The highest BCUT2D eigenvalue weighted by molar-refractivity contribution is 5.84. The largest absolute Gasteiger partial charge is 0.480 e. The fourth-order valence-electron chi connectivity index (χ4n) is 6.09. The maximum absolute atomic E-state index is 13.0. The summed E-state index contributed by atoms with van der Waals surface area (Å²) < 4.78 is 5.70. The first kappa shape index (κ1) is 23.4. The van der Waals surface area contributed by atoms with Gasteiger partial charge >= 0.3 is 12.1 Å². The Morgan fingerprint density at radius 1 is 0.914 bits per heavy atom. The highest BCUT2D eigenvalue weighted by Gasteiger charge is 2.37. The number of ether oxygens (including phenoxy) is 1. The summed E-state index contributed by atoms with van der Waals surface area (Å²) in [4.78, 5) is 38.8.